The summed E-state index contributed by atoms with van der Waals surface area (Å²) in [5.74, 6) is 0.674. The van der Waals surface area contributed by atoms with Gasteiger partial charge in [0.2, 0.25) is 5.88 Å². The fraction of sp³-hybridized carbons (Fsp3) is 0. The van der Waals surface area contributed by atoms with Crippen molar-refractivity contribution in [3.8, 4) is 11.6 Å². The van der Waals surface area contributed by atoms with Crippen molar-refractivity contribution in [2.75, 3.05) is 5.32 Å². The van der Waals surface area contributed by atoms with Crippen molar-refractivity contribution in [2.24, 2.45) is 0 Å². The molecule has 0 aliphatic heterocycles. The van der Waals surface area contributed by atoms with Crippen LogP contribution in [0.15, 0.2) is 61.4 Å². The van der Waals surface area contributed by atoms with Gasteiger partial charge < -0.3 is 10.1 Å². The van der Waals surface area contributed by atoms with E-state index in [0.717, 1.165) is 0 Å². The monoisotopic (exact) mass is 293 g/mol. The quantitative estimate of drug-likeness (QED) is 0.794. The van der Waals surface area contributed by atoms with Gasteiger partial charge in [0.1, 0.15) is 11.4 Å². The van der Waals surface area contributed by atoms with E-state index in [-0.39, 0.29) is 11.6 Å². The van der Waals surface area contributed by atoms with E-state index in [1.165, 1.54) is 24.8 Å². The molecule has 2 heterocycles. The van der Waals surface area contributed by atoms with Crippen LogP contribution in [0.4, 0.5) is 5.69 Å². The zero-order valence-electron chi connectivity index (χ0n) is 11.4. The van der Waals surface area contributed by atoms with E-state index in [0.29, 0.717) is 17.3 Å². The third-order valence-corrected chi connectivity index (χ3v) is 2.67. The molecule has 0 atom stereocenters. The number of hydrogen-bond donors (Lipinski definition) is 1. The largest absolute Gasteiger partial charge is 0.438 e. The van der Waals surface area contributed by atoms with E-state index >= 15 is 0 Å². The minimum atomic E-state index is -0.323. The first-order valence-electron chi connectivity index (χ1n) is 6.42. The smallest absolute Gasteiger partial charge is 0.275 e. The first-order valence-corrected chi connectivity index (χ1v) is 6.42. The molecule has 1 N–H and O–H groups in total. The van der Waals surface area contributed by atoms with Crippen LogP contribution in [0.5, 0.6) is 11.6 Å². The summed E-state index contributed by atoms with van der Waals surface area (Å²) >= 11 is 0. The summed E-state index contributed by atoms with van der Waals surface area (Å²) in [5.41, 5.74) is 0.879. The second-order valence-corrected chi connectivity index (χ2v) is 4.21. The summed E-state index contributed by atoms with van der Waals surface area (Å²) in [7, 11) is 0. The highest BCUT2D eigenvalue weighted by Crippen LogP contribution is 2.20. The van der Waals surface area contributed by atoms with Crippen LogP contribution in [0.2, 0.25) is 0 Å². The SMILES string of the molecule is O=C(Nc1ccc(Oc2cnccn2)cc1)c1cnccn1. The topological polar surface area (TPSA) is 89.9 Å². The molecule has 0 fully saturated rings. The van der Waals surface area contributed by atoms with Crippen LogP contribution >= 0.6 is 0 Å². The normalized spacial score (nSPS) is 10.0. The highest BCUT2D eigenvalue weighted by atomic mass is 16.5. The van der Waals surface area contributed by atoms with Crippen LogP contribution in [0.3, 0.4) is 0 Å². The van der Waals surface area contributed by atoms with Crippen molar-refractivity contribution < 1.29 is 9.53 Å². The number of amides is 1. The van der Waals surface area contributed by atoms with Crippen molar-refractivity contribution in [3.63, 3.8) is 0 Å². The van der Waals surface area contributed by atoms with Gasteiger partial charge in [0.05, 0.1) is 12.4 Å². The minimum Gasteiger partial charge on any atom is -0.438 e. The summed E-state index contributed by atoms with van der Waals surface area (Å²) < 4.78 is 5.51. The molecular weight excluding hydrogens is 282 g/mol. The molecule has 0 saturated carbocycles. The fourth-order valence-corrected chi connectivity index (χ4v) is 1.68. The summed E-state index contributed by atoms with van der Waals surface area (Å²) in [6.45, 7) is 0. The first kappa shape index (κ1) is 13.6. The lowest BCUT2D eigenvalue weighted by Gasteiger charge is -2.06. The van der Waals surface area contributed by atoms with Gasteiger partial charge in [-0.1, -0.05) is 0 Å². The van der Waals surface area contributed by atoms with Gasteiger partial charge in [-0.15, -0.1) is 0 Å². The van der Waals surface area contributed by atoms with Gasteiger partial charge in [-0.2, -0.15) is 0 Å². The van der Waals surface area contributed by atoms with E-state index in [9.17, 15) is 4.79 Å². The van der Waals surface area contributed by atoms with Crippen LogP contribution in [0, 0.1) is 0 Å². The van der Waals surface area contributed by atoms with Crippen LogP contribution < -0.4 is 10.1 Å². The molecule has 1 amide bonds. The lowest BCUT2D eigenvalue weighted by atomic mass is 10.3. The molecule has 108 valence electrons. The molecule has 7 nitrogen and oxygen atoms in total. The van der Waals surface area contributed by atoms with Crippen LogP contribution in [-0.2, 0) is 0 Å². The number of ether oxygens (including phenoxy) is 1. The summed E-state index contributed by atoms with van der Waals surface area (Å²) in [4.78, 5) is 27.6. The fourth-order valence-electron chi connectivity index (χ4n) is 1.68. The van der Waals surface area contributed by atoms with E-state index in [1.54, 1.807) is 36.7 Å². The molecule has 2 aromatic heterocycles. The van der Waals surface area contributed by atoms with E-state index in [2.05, 4.69) is 25.3 Å². The van der Waals surface area contributed by atoms with Gasteiger partial charge >= 0.3 is 0 Å². The molecule has 22 heavy (non-hydrogen) atoms. The van der Waals surface area contributed by atoms with Crippen LogP contribution in [-0.4, -0.2) is 25.8 Å². The average molecular weight is 293 g/mol. The molecule has 0 aliphatic rings. The second kappa shape index (κ2) is 6.40. The number of hydrogen-bond acceptors (Lipinski definition) is 6. The molecule has 1 aromatic carbocycles. The summed E-state index contributed by atoms with van der Waals surface area (Å²) in [6.07, 6.45) is 9.01. The van der Waals surface area contributed by atoms with Crippen molar-refractivity contribution >= 4 is 11.6 Å². The third-order valence-electron chi connectivity index (χ3n) is 2.67. The maximum Gasteiger partial charge on any atom is 0.275 e. The molecule has 0 unspecified atom stereocenters. The highest BCUT2D eigenvalue weighted by Gasteiger charge is 2.07. The number of nitrogens with zero attached hydrogens (tertiary/aromatic N) is 4. The number of carbonyl (C=O) groups excluding carboxylic acids is 1. The standard InChI is InChI=1S/C15H11N5O2/c21-15(13-9-16-5-7-18-13)20-11-1-3-12(4-2-11)22-14-10-17-6-8-19-14/h1-10H,(H,20,21). The second-order valence-electron chi connectivity index (χ2n) is 4.21. The maximum atomic E-state index is 11.9. The molecule has 0 radical (unpaired) electrons. The summed E-state index contributed by atoms with van der Waals surface area (Å²) in [5, 5.41) is 2.72. The van der Waals surface area contributed by atoms with E-state index in [1.807, 2.05) is 0 Å². The Morgan fingerprint density at radius 3 is 2.27 bits per heavy atom. The zero-order chi connectivity index (χ0) is 15.2. The van der Waals surface area contributed by atoms with Gasteiger partial charge in [0.25, 0.3) is 5.91 Å². The Bertz CT molecular complexity index is 748. The molecule has 0 saturated heterocycles. The number of anilines is 1. The zero-order valence-corrected chi connectivity index (χ0v) is 11.4. The first-order chi connectivity index (χ1) is 10.8. The lowest BCUT2D eigenvalue weighted by Crippen LogP contribution is -2.13. The molecule has 7 heteroatoms. The minimum absolute atomic E-state index is 0.252. The number of rotatable bonds is 4. The molecule has 0 aliphatic carbocycles. The van der Waals surface area contributed by atoms with Crippen molar-refractivity contribution in [2.45, 2.75) is 0 Å². The maximum absolute atomic E-state index is 11.9. The molecule has 0 bridgehead atoms. The molecule has 3 aromatic rings. The molecule has 0 spiro atoms. The Hall–Kier alpha value is -3.35. The Morgan fingerprint density at radius 1 is 0.909 bits per heavy atom. The average Bonchev–Trinajstić information content (AvgIpc) is 2.58. The Kier molecular flexibility index (Phi) is 3.96. The third kappa shape index (κ3) is 3.40. The van der Waals surface area contributed by atoms with Gasteiger partial charge in [-0.3, -0.25) is 14.8 Å². The molecule has 3 rings (SSSR count). The van der Waals surface area contributed by atoms with Gasteiger partial charge in [0, 0.05) is 30.5 Å². The number of benzene rings is 1. The predicted octanol–water partition coefficient (Wildman–Crippen LogP) is 2.31. The highest BCUT2D eigenvalue weighted by molar-refractivity contribution is 6.02. The Balaban J connectivity index is 1.66. The predicted molar refractivity (Wildman–Crippen MR) is 78.5 cm³/mol. The van der Waals surface area contributed by atoms with Gasteiger partial charge in [-0.05, 0) is 24.3 Å². The van der Waals surface area contributed by atoms with Gasteiger partial charge in [-0.25, -0.2) is 9.97 Å². The van der Waals surface area contributed by atoms with Crippen molar-refractivity contribution in [1.82, 2.24) is 19.9 Å². The number of carbonyl (C=O) groups is 1. The van der Waals surface area contributed by atoms with E-state index in [4.69, 9.17) is 4.74 Å². The van der Waals surface area contributed by atoms with Crippen molar-refractivity contribution in [3.05, 3.63) is 67.1 Å². The van der Waals surface area contributed by atoms with Crippen LogP contribution in [0.25, 0.3) is 0 Å². The van der Waals surface area contributed by atoms with Crippen molar-refractivity contribution in [1.29, 1.82) is 0 Å². The Labute approximate surface area is 126 Å². The van der Waals surface area contributed by atoms with E-state index < -0.39 is 0 Å². The number of aromatic nitrogens is 4. The van der Waals surface area contributed by atoms with Crippen LogP contribution in [0.1, 0.15) is 10.5 Å². The molecular formula is C15H11N5O2. The number of nitrogens with one attached hydrogen (secondary N) is 1. The lowest BCUT2D eigenvalue weighted by molar-refractivity contribution is 0.102. The van der Waals surface area contributed by atoms with Gasteiger partial charge in [0.15, 0.2) is 0 Å². The Morgan fingerprint density at radius 2 is 1.64 bits per heavy atom. The summed E-state index contributed by atoms with van der Waals surface area (Å²) in [6, 6.07) is 6.89.